The number of aryl methyl sites for hydroxylation is 1. The van der Waals surface area contributed by atoms with Gasteiger partial charge in [-0.2, -0.15) is 0 Å². The lowest BCUT2D eigenvalue weighted by Gasteiger charge is -2.22. The maximum atomic E-state index is 6.16. The van der Waals surface area contributed by atoms with Gasteiger partial charge in [-0.1, -0.05) is 52.3 Å². The maximum absolute atomic E-state index is 6.16. The first-order chi connectivity index (χ1) is 6.46. The summed E-state index contributed by atoms with van der Waals surface area (Å²) in [6.45, 7) is 8.79. The topological polar surface area (TPSA) is 26.0 Å². The van der Waals surface area contributed by atoms with Gasteiger partial charge in [0.1, 0.15) is 0 Å². The van der Waals surface area contributed by atoms with Gasteiger partial charge in [0.05, 0.1) is 0 Å². The molecule has 0 aliphatic rings. The molecule has 0 saturated carbocycles. The fraction of sp³-hybridized carbons (Fsp3) is 0.538. The van der Waals surface area contributed by atoms with Crippen molar-refractivity contribution in [3.05, 3.63) is 29.3 Å². The Bertz CT molecular complexity index is 308. The van der Waals surface area contributed by atoms with Crippen molar-refractivity contribution in [2.75, 3.05) is 5.73 Å². The fourth-order valence-electron chi connectivity index (χ4n) is 1.75. The van der Waals surface area contributed by atoms with E-state index in [0.29, 0.717) is 0 Å². The summed E-state index contributed by atoms with van der Waals surface area (Å²) in [5.41, 5.74) is 9.85. The SMILES string of the molecule is CCCc1cccc(C(C)(C)C)c1N. The highest BCUT2D eigenvalue weighted by Crippen LogP contribution is 2.30. The van der Waals surface area contributed by atoms with Crippen molar-refractivity contribution in [3.8, 4) is 0 Å². The Hall–Kier alpha value is -0.980. The zero-order chi connectivity index (χ0) is 10.8. The zero-order valence-corrected chi connectivity index (χ0v) is 9.72. The second kappa shape index (κ2) is 4.04. The molecule has 78 valence electrons. The summed E-state index contributed by atoms with van der Waals surface area (Å²) in [6.07, 6.45) is 2.23. The minimum Gasteiger partial charge on any atom is -0.398 e. The van der Waals surface area contributed by atoms with Crippen LogP contribution in [0.3, 0.4) is 0 Å². The lowest BCUT2D eigenvalue weighted by atomic mass is 9.84. The molecule has 0 spiro atoms. The normalized spacial score (nSPS) is 11.7. The average molecular weight is 191 g/mol. The maximum Gasteiger partial charge on any atom is 0.0384 e. The molecule has 1 aromatic rings. The van der Waals surface area contributed by atoms with Gasteiger partial charge in [0, 0.05) is 5.69 Å². The lowest BCUT2D eigenvalue weighted by molar-refractivity contribution is 0.591. The highest BCUT2D eigenvalue weighted by molar-refractivity contribution is 5.56. The van der Waals surface area contributed by atoms with Gasteiger partial charge in [-0.05, 0) is 23.0 Å². The van der Waals surface area contributed by atoms with Crippen molar-refractivity contribution in [2.45, 2.75) is 46.0 Å². The molecule has 0 heterocycles. The molecule has 0 aliphatic heterocycles. The number of hydrogen-bond donors (Lipinski definition) is 1. The molecule has 0 fully saturated rings. The van der Waals surface area contributed by atoms with Gasteiger partial charge in [0.25, 0.3) is 0 Å². The molecule has 0 amide bonds. The molecule has 1 nitrogen and oxygen atoms in total. The number of para-hydroxylation sites is 1. The molecule has 0 radical (unpaired) electrons. The van der Waals surface area contributed by atoms with Crippen LogP contribution in [0.2, 0.25) is 0 Å². The van der Waals surface area contributed by atoms with Crippen LogP contribution in [-0.4, -0.2) is 0 Å². The van der Waals surface area contributed by atoms with Crippen LogP contribution in [0.25, 0.3) is 0 Å². The summed E-state index contributed by atoms with van der Waals surface area (Å²) in [6, 6.07) is 6.38. The first kappa shape index (κ1) is 11.1. The fourth-order valence-corrected chi connectivity index (χ4v) is 1.75. The molecular formula is C13H21N. The first-order valence-corrected chi connectivity index (χ1v) is 5.34. The van der Waals surface area contributed by atoms with E-state index in [1.807, 2.05) is 0 Å². The molecule has 0 aliphatic carbocycles. The minimum absolute atomic E-state index is 0.147. The van der Waals surface area contributed by atoms with Gasteiger partial charge in [0.15, 0.2) is 0 Å². The van der Waals surface area contributed by atoms with Gasteiger partial charge in [-0.25, -0.2) is 0 Å². The van der Waals surface area contributed by atoms with E-state index in [9.17, 15) is 0 Å². The van der Waals surface area contributed by atoms with Crippen LogP contribution in [0.15, 0.2) is 18.2 Å². The summed E-state index contributed by atoms with van der Waals surface area (Å²) in [5.74, 6) is 0. The van der Waals surface area contributed by atoms with Gasteiger partial charge in [0.2, 0.25) is 0 Å². The molecule has 0 bridgehead atoms. The number of nitrogen functional groups attached to an aromatic ring is 1. The monoisotopic (exact) mass is 191 g/mol. The second-order valence-electron chi connectivity index (χ2n) is 4.88. The summed E-state index contributed by atoms with van der Waals surface area (Å²) in [7, 11) is 0. The Kier molecular flexibility index (Phi) is 3.20. The van der Waals surface area contributed by atoms with E-state index < -0.39 is 0 Å². The quantitative estimate of drug-likeness (QED) is 0.711. The molecule has 2 N–H and O–H groups in total. The lowest BCUT2D eigenvalue weighted by Crippen LogP contribution is -2.15. The third-order valence-corrected chi connectivity index (χ3v) is 2.52. The average Bonchev–Trinajstić information content (AvgIpc) is 2.07. The van der Waals surface area contributed by atoms with Crippen molar-refractivity contribution < 1.29 is 0 Å². The zero-order valence-electron chi connectivity index (χ0n) is 9.72. The van der Waals surface area contributed by atoms with Crippen LogP contribution in [0, 0.1) is 0 Å². The van der Waals surface area contributed by atoms with E-state index in [0.717, 1.165) is 18.5 Å². The Balaban J connectivity index is 3.14. The Morgan fingerprint density at radius 1 is 1.21 bits per heavy atom. The van der Waals surface area contributed by atoms with Crippen molar-refractivity contribution in [1.82, 2.24) is 0 Å². The van der Waals surface area contributed by atoms with Crippen molar-refractivity contribution in [1.29, 1.82) is 0 Å². The third-order valence-electron chi connectivity index (χ3n) is 2.52. The van der Waals surface area contributed by atoms with E-state index in [2.05, 4.69) is 45.9 Å². The smallest absolute Gasteiger partial charge is 0.0384 e. The van der Waals surface area contributed by atoms with Crippen molar-refractivity contribution in [3.63, 3.8) is 0 Å². The van der Waals surface area contributed by atoms with Crippen LogP contribution in [0.4, 0.5) is 5.69 Å². The predicted octanol–water partition coefficient (Wildman–Crippen LogP) is 3.52. The summed E-state index contributed by atoms with van der Waals surface area (Å²) in [4.78, 5) is 0. The molecular weight excluding hydrogens is 170 g/mol. The van der Waals surface area contributed by atoms with E-state index in [1.54, 1.807) is 0 Å². The molecule has 14 heavy (non-hydrogen) atoms. The summed E-state index contributed by atoms with van der Waals surface area (Å²) >= 11 is 0. The predicted molar refractivity (Wildman–Crippen MR) is 63.5 cm³/mol. The van der Waals surface area contributed by atoms with Crippen molar-refractivity contribution in [2.24, 2.45) is 0 Å². The number of rotatable bonds is 2. The van der Waals surface area contributed by atoms with Crippen LogP contribution in [0.1, 0.15) is 45.2 Å². The van der Waals surface area contributed by atoms with Crippen LogP contribution >= 0.6 is 0 Å². The Morgan fingerprint density at radius 2 is 1.86 bits per heavy atom. The second-order valence-corrected chi connectivity index (χ2v) is 4.88. The van der Waals surface area contributed by atoms with E-state index in [4.69, 9.17) is 5.73 Å². The van der Waals surface area contributed by atoms with Gasteiger partial charge >= 0.3 is 0 Å². The minimum atomic E-state index is 0.147. The number of benzene rings is 1. The molecule has 0 unspecified atom stereocenters. The largest absolute Gasteiger partial charge is 0.398 e. The highest BCUT2D eigenvalue weighted by Gasteiger charge is 2.17. The van der Waals surface area contributed by atoms with E-state index in [-0.39, 0.29) is 5.41 Å². The highest BCUT2D eigenvalue weighted by atomic mass is 14.6. The molecule has 1 heteroatoms. The Morgan fingerprint density at radius 3 is 2.36 bits per heavy atom. The van der Waals surface area contributed by atoms with Crippen LogP contribution in [-0.2, 0) is 11.8 Å². The molecule has 0 aromatic heterocycles. The standard InChI is InChI=1S/C13H21N/c1-5-7-10-8-6-9-11(12(10)14)13(2,3)4/h6,8-9H,5,7,14H2,1-4H3. The summed E-state index contributed by atoms with van der Waals surface area (Å²) < 4.78 is 0. The van der Waals surface area contributed by atoms with E-state index >= 15 is 0 Å². The van der Waals surface area contributed by atoms with Gasteiger partial charge in [-0.3, -0.25) is 0 Å². The number of hydrogen-bond acceptors (Lipinski definition) is 1. The Labute approximate surface area is 87.3 Å². The van der Waals surface area contributed by atoms with Gasteiger partial charge < -0.3 is 5.73 Å². The number of nitrogens with two attached hydrogens (primary N) is 1. The molecule has 0 saturated heterocycles. The molecule has 1 rings (SSSR count). The molecule has 1 aromatic carbocycles. The molecule has 0 atom stereocenters. The van der Waals surface area contributed by atoms with Crippen LogP contribution < -0.4 is 5.73 Å². The first-order valence-electron chi connectivity index (χ1n) is 5.34. The van der Waals surface area contributed by atoms with Crippen molar-refractivity contribution >= 4 is 5.69 Å². The number of anilines is 1. The van der Waals surface area contributed by atoms with Crippen LogP contribution in [0.5, 0.6) is 0 Å². The van der Waals surface area contributed by atoms with Gasteiger partial charge in [-0.15, -0.1) is 0 Å². The summed E-state index contributed by atoms with van der Waals surface area (Å²) in [5, 5.41) is 0. The van der Waals surface area contributed by atoms with E-state index in [1.165, 1.54) is 11.1 Å². The third kappa shape index (κ3) is 2.28.